The molecule has 9 aromatic carbocycles. The Morgan fingerprint density at radius 3 is 1.63 bits per heavy atom. The number of benzene rings is 9. The van der Waals surface area contributed by atoms with E-state index in [9.17, 15) is 75.1 Å². The number of nitrogens with one attached hydrogen (secondary N) is 1. The zero-order valence-corrected chi connectivity index (χ0v) is 60.2. The number of fused-ring (bicyclic) bond motifs is 5. The minimum absolute atomic E-state index is 0. The maximum absolute atomic E-state index is 12.8. The van der Waals surface area contributed by atoms with Gasteiger partial charge in [-0.2, -0.15) is 52.0 Å². The molecule has 0 aliphatic heterocycles. The Labute approximate surface area is 610 Å². The van der Waals surface area contributed by atoms with E-state index >= 15 is 0 Å². The maximum atomic E-state index is 12.8. The quantitative estimate of drug-likeness (QED) is 0.0219. The van der Waals surface area contributed by atoms with Crippen LogP contribution in [0, 0.1) is 0 Å². The minimum atomic E-state index is -5.13. The van der Waals surface area contributed by atoms with Gasteiger partial charge in [-0.15, -0.1) is 25.5 Å². The van der Waals surface area contributed by atoms with Crippen LogP contribution in [0.3, 0.4) is 0 Å². The van der Waals surface area contributed by atoms with Gasteiger partial charge >= 0.3 is 148 Å². The first-order chi connectivity index (χ1) is 37.6. The van der Waals surface area contributed by atoms with Crippen molar-refractivity contribution < 1.29 is 240 Å². The van der Waals surface area contributed by atoms with Crippen LogP contribution >= 0.6 is 0 Å². The number of nitrogens with zero attached hydrogens (tertiary/aromatic N) is 7. The molecule has 0 amide bonds. The van der Waals surface area contributed by atoms with Gasteiger partial charge in [-0.25, -0.2) is 0 Å². The Balaban J connectivity index is 0.00000264. The number of aromatic hydroxyl groups is 2. The molecule has 1 radical (unpaired) electrons. The molecule has 0 fully saturated rings. The van der Waals surface area contributed by atoms with Crippen molar-refractivity contribution in [2.24, 2.45) is 20.5 Å². The maximum Gasteiger partial charge on any atom is 1.00 e. The number of phenolic OH excluding ortho intramolecular Hbond substituents is 2. The van der Waals surface area contributed by atoms with Gasteiger partial charge in [0.25, 0.3) is 50.6 Å². The summed E-state index contributed by atoms with van der Waals surface area (Å²) in [6.07, 6.45) is 2.16. The van der Waals surface area contributed by atoms with E-state index in [1.807, 2.05) is 0 Å². The van der Waals surface area contributed by atoms with Gasteiger partial charge in [-0.3, -0.25) is 22.8 Å². The molecular weight excluding hydrogens is 1320 g/mol. The fourth-order valence-electron chi connectivity index (χ4n) is 8.50. The summed E-state index contributed by atoms with van der Waals surface area (Å²) in [4.78, 5) is -2.60. The summed E-state index contributed by atoms with van der Waals surface area (Å²) in [7, 11) is -25.0. The van der Waals surface area contributed by atoms with Crippen molar-refractivity contribution in [2.45, 2.75) is 24.5 Å². The largest absolute Gasteiger partial charge is 1.00 e. The Hall–Kier alpha value is -3.43. The van der Waals surface area contributed by atoms with E-state index < -0.39 is 97.9 Å². The minimum Gasteiger partial charge on any atom is -0.506 e. The summed E-state index contributed by atoms with van der Waals surface area (Å²) in [5, 5.41) is 50.7. The zero-order chi connectivity index (χ0) is 57.3. The van der Waals surface area contributed by atoms with Gasteiger partial charge in [-0.05, 0) is 95.4 Å². The second-order valence-corrected chi connectivity index (χ2v) is 24.3. The molecule has 0 spiro atoms. The third kappa shape index (κ3) is 16.4. The summed E-state index contributed by atoms with van der Waals surface area (Å²) in [6.45, 7) is 0. The number of aromatic nitrogens is 3. The van der Waals surface area contributed by atoms with Crippen molar-refractivity contribution in [3.8, 4) is 17.2 Å². The molecule has 8 N–H and O–H groups in total. The number of rotatable bonds is 14. The topological polar surface area (TPSA) is 404 Å². The predicted octanol–water partition coefficient (Wildman–Crippen LogP) is -4.71. The van der Waals surface area contributed by atoms with E-state index in [2.05, 4.69) is 36.0 Å². The van der Waals surface area contributed by atoms with Crippen LogP contribution in [0.4, 0.5) is 34.1 Å². The summed E-state index contributed by atoms with van der Waals surface area (Å²) in [5.74, 6) is -1.50. The molecule has 36 heteroatoms. The molecule has 10 aromatic rings. The summed E-state index contributed by atoms with van der Waals surface area (Å²) < 4.78 is 176. The smallest absolute Gasteiger partial charge is 0.506 e. The van der Waals surface area contributed by atoms with Gasteiger partial charge in [0.2, 0.25) is 0 Å². The normalized spacial score (nSPS) is 12.1. The van der Waals surface area contributed by atoms with Crippen molar-refractivity contribution in [3.05, 3.63) is 157 Å². The van der Waals surface area contributed by atoms with E-state index in [4.69, 9.17) is 0 Å². The Bertz CT molecular complexity index is 5020. The molecule has 0 unspecified atom stereocenters. The number of hydrogen-bond acceptors (Lipinski definition) is 19. The van der Waals surface area contributed by atoms with E-state index in [0.717, 1.165) is 71.5 Å². The van der Waals surface area contributed by atoms with Crippen LogP contribution in [0.5, 0.6) is 11.5 Å². The van der Waals surface area contributed by atoms with Gasteiger partial charge in [0, 0.05) is 61.4 Å². The molecule has 1 heterocycles. The van der Waals surface area contributed by atoms with Crippen molar-refractivity contribution in [1.29, 1.82) is 0 Å². The molecule has 1 aromatic heterocycles. The molecule has 417 valence electrons. The molecule has 25 nitrogen and oxygen atoms in total. The first-order valence-electron chi connectivity index (χ1n) is 22.5. The molecule has 86 heavy (non-hydrogen) atoms. The second kappa shape index (κ2) is 29.2. The van der Waals surface area contributed by atoms with Gasteiger partial charge in [0.05, 0.1) is 22.0 Å². The van der Waals surface area contributed by atoms with Crippen molar-refractivity contribution in [3.63, 3.8) is 0 Å². The van der Waals surface area contributed by atoms with Crippen molar-refractivity contribution in [2.75, 3.05) is 5.32 Å². The standard InChI is InChI=1S/C50H34N8O17S5.Cu.5Na/c59-42-25-40(39-24-34(76(61,62)63)17-19-38(39)48(42)54-55-49-46(80(73,74)75)21-29-20-31(15-18-35(29)50(49)60)51-30-6-2-1-3-7-30)53-52-32-14-12-27(43(22-32)77(64,65)66)10-11-28-13-16-33(23-44(28)78(67,68)69)58-56-41-26-45(79(70,71)72)36-8-4-5-9-37(36)47(41)57-58;;;;;;/h1-26,51,59-60H,(H,61,62,63)(H,64,65,66)(H,67,68,69)(H,70,71,72)(H,73,74,75);;;;;;/q;;5*+1/b11-10+,53-52?,55-54?;;;;;;. The van der Waals surface area contributed by atoms with Crippen molar-refractivity contribution >= 4 is 140 Å². The Morgan fingerprint density at radius 1 is 0.442 bits per heavy atom. The van der Waals surface area contributed by atoms with Crippen molar-refractivity contribution in [1.82, 2.24) is 15.0 Å². The molecule has 0 aliphatic rings. The van der Waals surface area contributed by atoms with Crippen LogP contribution in [0.2, 0.25) is 0 Å². The van der Waals surface area contributed by atoms with Gasteiger partial charge in [0.15, 0.2) is 5.75 Å². The molecule has 0 atom stereocenters. The second-order valence-electron chi connectivity index (χ2n) is 17.3. The van der Waals surface area contributed by atoms with Crippen LogP contribution in [0.25, 0.3) is 61.2 Å². The number of anilines is 2. The number of hydrogen-bond donors (Lipinski definition) is 8. The number of phenols is 2. The first kappa shape index (κ1) is 75.0. The predicted molar refractivity (Wildman–Crippen MR) is 290 cm³/mol. The van der Waals surface area contributed by atoms with E-state index in [-0.39, 0.29) is 236 Å². The van der Waals surface area contributed by atoms with Crippen LogP contribution in [-0.4, -0.2) is 90.1 Å². The van der Waals surface area contributed by atoms with Gasteiger partial charge in [0.1, 0.15) is 47.7 Å². The van der Waals surface area contributed by atoms with E-state index in [0.29, 0.717) is 11.4 Å². The third-order valence-corrected chi connectivity index (χ3v) is 16.5. The number of azo groups is 2. The van der Waals surface area contributed by atoms with Crippen LogP contribution in [0.15, 0.2) is 191 Å². The Kier molecular flexibility index (Phi) is 25.5. The molecular formula is C50H34CuN8Na5O17S5+5. The fraction of sp³-hybridized carbons (Fsp3) is 0. The van der Waals surface area contributed by atoms with E-state index in [1.54, 1.807) is 42.5 Å². The summed E-state index contributed by atoms with van der Waals surface area (Å²) in [5.41, 5.74) is -1.03. The fourth-order valence-corrected chi connectivity index (χ4v) is 11.8. The average Bonchev–Trinajstić information content (AvgIpc) is 3.84. The molecule has 0 saturated heterocycles. The number of para-hydroxylation sites is 1. The van der Waals surface area contributed by atoms with Gasteiger partial charge in [-0.1, -0.05) is 72.8 Å². The van der Waals surface area contributed by atoms with E-state index in [1.165, 1.54) is 48.5 Å². The monoisotopic (exact) mass is 1360 g/mol. The SMILES string of the molecule is O=S(=O)(O)c1ccc2c(N=Nc3c(S(=O)(=O)O)cc4cc(Nc5ccccc5)ccc4c3O)c(O)cc(N=Nc3ccc(/C=C/c4ccc(-n5nc6cc(S(=O)(=O)O)c7ccccc7c6n5)cc4S(=O)(=O)O)c(S(=O)(=O)O)c3)c2c1.[Cu].[Na+].[Na+].[Na+].[Na+].[Na+]. The van der Waals surface area contributed by atoms with Gasteiger partial charge < -0.3 is 15.5 Å². The average molecular weight is 1360 g/mol. The first-order valence-corrected chi connectivity index (χ1v) is 29.7. The van der Waals surface area contributed by atoms with Crippen LogP contribution in [0.1, 0.15) is 11.1 Å². The Morgan fingerprint density at radius 2 is 1.01 bits per heavy atom. The zero-order valence-electron chi connectivity index (χ0n) is 45.2. The van der Waals surface area contributed by atoms with Crippen LogP contribution in [-0.2, 0) is 67.7 Å². The third-order valence-electron chi connectivity index (χ3n) is 12.1. The molecule has 10 rings (SSSR count). The molecule has 0 aliphatic carbocycles. The summed E-state index contributed by atoms with van der Waals surface area (Å²) in [6, 6.07) is 32.1. The van der Waals surface area contributed by atoms with Crippen LogP contribution < -0.4 is 153 Å². The summed E-state index contributed by atoms with van der Waals surface area (Å²) >= 11 is 0. The molecule has 0 saturated carbocycles. The molecule has 0 bridgehead atoms.